The summed E-state index contributed by atoms with van der Waals surface area (Å²) in [6.45, 7) is 3.69. The second-order valence-corrected chi connectivity index (χ2v) is 9.48. The van der Waals surface area contributed by atoms with Crippen LogP contribution in [0, 0.1) is 11.3 Å². The van der Waals surface area contributed by atoms with Gasteiger partial charge in [0.15, 0.2) is 0 Å². The van der Waals surface area contributed by atoms with Crippen LogP contribution in [0.3, 0.4) is 0 Å². The zero-order valence-corrected chi connectivity index (χ0v) is 19.8. The van der Waals surface area contributed by atoms with Gasteiger partial charge in [-0.25, -0.2) is 4.99 Å². The Hall–Kier alpha value is -3.18. The predicted octanol–water partition coefficient (Wildman–Crippen LogP) is 4.27. The third kappa shape index (κ3) is 5.25. The number of piperidine rings is 1. The molecule has 0 bridgehead atoms. The summed E-state index contributed by atoms with van der Waals surface area (Å²) in [6.07, 6.45) is 7.29. The maximum atomic E-state index is 13.4. The van der Waals surface area contributed by atoms with Crippen LogP contribution in [-0.2, 0) is 6.54 Å². The summed E-state index contributed by atoms with van der Waals surface area (Å²) in [5.41, 5.74) is 2.31. The van der Waals surface area contributed by atoms with Crippen molar-refractivity contribution < 1.29 is 9.59 Å². The van der Waals surface area contributed by atoms with E-state index in [4.69, 9.17) is 4.99 Å². The highest BCUT2D eigenvalue weighted by Gasteiger charge is 2.28. The number of amides is 2. The molecule has 0 saturated carbocycles. The number of carbonyl (C=O) groups excluding carboxylic acids is 2. The molecule has 1 aromatic heterocycles. The average Bonchev–Trinajstić information content (AvgIpc) is 3.53. The summed E-state index contributed by atoms with van der Waals surface area (Å²) in [5.74, 6) is -0.245. The Balaban J connectivity index is 1.61. The van der Waals surface area contributed by atoms with Crippen molar-refractivity contribution in [1.82, 2.24) is 14.7 Å². The summed E-state index contributed by atoms with van der Waals surface area (Å²) < 4.78 is 0. The zero-order valence-electron chi connectivity index (χ0n) is 19.0. The van der Waals surface area contributed by atoms with Gasteiger partial charge in [0.1, 0.15) is 10.6 Å². The summed E-state index contributed by atoms with van der Waals surface area (Å²) >= 11 is 1.27. The zero-order chi connectivity index (χ0) is 23.2. The quantitative estimate of drug-likeness (QED) is 0.473. The number of hydrogen-bond donors (Lipinski definition) is 0. The lowest BCUT2D eigenvalue weighted by molar-refractivity contribution is 0.0790. The molecule has 2 amide bonds. The van der Waals surface area contributed by atoms with Crippen LogP contribution >= 0.6 is 11.3 Å². The minimum absolute atomic E-state index is 0.0499. The van der Waals surface area contributed by atoms with Crippen molar-refractivity contribution in [3.63, 3.8) is 0 Å². The number of nitrogens with zero attached hydrogens (tertiary/aromatic N) is 5. The summed E-state index contributed by atoms with van der Waals surface area (Å²) in [5, 5.41) is 11.1. The number of hydrogen-bond acceptors (Lipinski definition) is 5. The van der Waals surface area contributed by atoms with Gasteiger partial charge >= 0.3 is 0 Å². The van der Waals surface area contributed by atoms with Gasteiger partial charge in [-0.15, -0.1) is 11.3 Å². The lowest BCUT2D eigenvalue weighted by Crippen LogP contribution is -2.29. The smallest absolute Gasteiger partial charge is 0.266 e. The van der Waals surface area contributed by atoms with Gasteiger partial charge in [0, 0.05) is 45.2 Å². The number of nitriles is 1. The fourth-order valence-electron chi connectivity index (χ4n) is 4.32. The van der Waals surface area contributed by atoms with Crippen molar-refractivity contribution in [1.29, 1.82) is 5.26 Å². The second kappa shape index (κ2) is 10.6. The van der Waals surface area contributed by atoms with Crippen LogP contribution in [-0.4, -0.2) is 66.1 Å². The van der Waals surface area contributed by atoms with Crippen LogP contribution in [0.4, 0.5) is 5.69 Å². The molecule has 33 heavy (non-hydrogen) atoms. The molecule has 0 aliphatic carbocycles. The molecule has 8 heteroatoms. The number of likely N-dealkylation sites (tertiary alicyclic amines) is 2. The molecule has 2 aromatic rings. The average molecular weight is 464 g/mol. The van der Waals surface area contributed by atoms with Crippen molar-refractivity contribution in [2.45, 2.75) is 38.6 Å². The minimum Gasteiger partial charge on any atom is -0.363 e. The monoisotopic (exact) mass is 463 g/mol. The van der Waals surface area contributed by atoms with Crippen molar-refractivity contribution >= 4 is 35.2 Å². The maximum absolute atomic E-state index is 13.4. The Morgan fingerprint density at radius 1 is 1.12 bits per heavy atom. The van der Waals surface area contributed by atoms with E-state index in [1.54, 1.807) is 29.7 Å². The molecule has 0 N–H and O–H groups in total. The van der Waals surface area contributed by atoms with E-state index in [0.717, 1.165) is 57.4 Å². The number of aliphatic imine (C=N–C) groups is 1. The molecule has 2 aliphatic heterocycles. The lowest BCUT2D eigenvalue weighted by Gasteiger charge is -2.24. The molecule has 2 saturated heterocycles. The van der Waals surface area contributed by atoms with E-state index < -0.39 is 0 Å². The first-order valence-electron chi connectivity index (χ1n) is 11.5. The Morgan fingerprint density at radius 2 is 1.82 bits per heavy atom. The number of carbonyl (C=O) groups is 2. The van der Waals surface area contributed by atoms with Crippen LogP contribution in [0.25, 0.3) is 0 Å². The number of thiophene rings is 1. The molecule has 0 unspecified atom stereocenters. The van der Waals surface area contributed by atoms with E-state index in [1.807, 2.05) is 23.1 Å². The molecule has 7 nitrogen and oxygen atoms in total. The van der Waals surface area contributed by atoms with Gasteiger partial charge in [0.25, 0.3) is 11.8 Å². The summed E-state index contributed by atoms with van der Waals surface area (Å²) in [4.78, 5) is 37.4. The van der Waals surface area contributed by atoms with Gasteiger partial charge in [-0.3, -0.25) is 9.59 Å². The van der Waals surface area contributed by atoms with Crippen molar-refractivity contribution in [3.05, 3.63) is 51.2 Å². The van der Waals surface area contributed by atoms with Gasteiger partial charge < -0.3 is 14.7 Å². The topological polar surface area (TPSA) is 80.0 Å². The van der Waals surface area contributed by atoms with Crippen molar-refractivity contribution in [3.8, 4) is 6.07 Å². The normalized spacial score (nSPS) is 16.2. The number of benzene rings is 1. The Morgan fingerprint density at radius 3 is 2.55 bits per heavy atom. The largest absolute Gasteiger partial charge is 0.363 e. The molecular formula is C25H29N5O2S. The number of rotatable bonds is 6. The molecular weight excluding hydrogens is 434 g/mol. The minimum atomic E-state index is -0.195. The fourth-order valence-corrected chi connectivity index (χ4v) is 5.29. The Kier molecular flexibility index (Phi) is 7.40. The van der Waals surface area contributed by atoms with E-state index in [0.29, 0.717) is 28.2 Å². The SMILES string of the molecule is CN(Cc1ccccc1C#N)C(=O)c1scc(C(=O)N2CCCC2)c1N=CN1CCCCC1. The third-order valence-corrected chi connectivity index (χ3v) is 7.17. The highest BCUT2D eigenvalue weighted by atomic mass is 32.1. The Bertz CT molecular complexity index is 1070. The van der Waals surface area contributed by atoms with Crippen molar-refractivity contribution in [2.75, 3.05) is 33.2 Å². The van der Waals surface area contributed by atoms with E-state index >= 15 is 0 Å². The molecule has 0 spiro atoms. The molecule has 0 radical (unpaired) electrons. The van der Waals surface area contributed by atoms with Crippen molar-refractivity contribution in [2.24, 2.45) is 4.99 Å². The highest BCUT2D eigenvalue weighted by Crippen LogP contribution is 2.34. The molecule has 4 rings (SSSR count). The van der Waals surface area contributed by atoms with Gasteiger partial charge in [-0.05, 0) is 43.7 Å². The summed E-state index contributed by atoms with van der Waals surface area (Å²) in [6, 6.07) is 9.46. The lowest BCUT2D eigenvalue weighted by atomic mass is 10.1. The first-order valence-corrected chi connectivity index (χ1v) is 12.4. The fraction of sp³-hybridized carbons (Fsp3) is 0.440. The molecule has 3 heterocycles. The molecule has 172 valence electrons. The van der Waals surface area contributed by atoms with Gasteiger partial charge in [0.2, 0.25) is 0 Å². The van der Waals surface area contributed by atoms with Gasteiger partial charge in [0.05, 0.1) is 23.5 Å². The standard InChI is InChI=1S/C25H29N5O2S/c1-28(16-20-10-4-3-9-19(20)15-26)25(32)23-22(27-18-29-11-5-2-6-12-29)21(17-33-23)24(31)30-13-7-8-14-30/h3-4,9-10,17-18H,2,5-8,11-14,16H2,1H3. The van der Waals surface area contributed by atoms with E-state index in [9.17, 15) is 14.9 Å². The van der Waals surface area contributed by atoms with Crippen LogP contribution in [0.1, 0.15) is 63.3 Å². The molecule has 1 aromatic carbocycles. The van der Waals surface area contributed by atoms with E-state index in [2.05, 4.69) is 11.0 Å². The first-order chi connectivity index (χ1) is 16.1. The van der Waals surface area contributed by atoms with E-state index in [-0.39, 0.29) is 11.8 Å². The van der Waals surface area contributed by atoms with Crippen LogP contribution in [0.5, 0.6) is 0 Å². The first kappa shape index (κ1) is 23.0. The molecule has 0 atom stereocenters. The van der Waals surface area contributed by atoms with Crippen LogP contribution in [0.15, 0.2) is 34.6 Å². The predicted molar refractivity (Wildman–Crippen MR) is 130 cm³/mol. The Labute approximate surface area is 198 Å². The third-order valence-electron chi connectivity index (χ3n) is 6.22. The summed E-state index contributed by atoms with van der Waals surface area (Å²) in [7, 11) is 1.72. The van der Waals surface area contributed by atoms with E-state index in [1.165, 1.54) is 17.8 Å². The van der Waals surface area contributed by atoms with Gasteiger partial charge in [-0.1, -0.05) is 18.2 Å². The van der Waals surface area contributed by atoms with Crippen LogP contribution < -0.4 is 0 Å². The van der Waals surface area contributed by atoms with Crippen LogP contribution in [0.2, 0.25) is 0 Å². The highest BCUT2D eigenvalue weighted by molar-refractivity contribution is 7.13. The van der Waals surface area contributed by atoms with Gasteiger partial charge in [-0.2, -0.15) is 5.26 Å². The second-order valence-electron chi connectivity index (χ2n) is 8.60. The maximum Gasteiger partial charge on any atom is 0.266 e. The molecule has 2 fully saturated rings. The molecule has 2 aliphatic rings.